The number of alkyl halides is 6. The highest BCUT2D eigenvalue weighted by atomic mass is 19.4. The van der Waals surface area contributed by atoms with Gasteiger partial charge in [-0.15, -0.1) is 0 Å². The predicted octanol–water partition coefficient (Wildman–Crippen LogP) is 5.05. The maximum Gasteiger partial charge on any atom is 0.416 e. The van der Waals surface area contributed by atoms with Crippen LogP contribution >= 0.6 is 0 Å². The minimum atomic E-state index is -5.01. The molecule has 0 aliphatic carbocycles. The molecule has 0 radical (unpaired) electrons. The summed E-state index contributed by atoms with van der Waals surface area (Å²) in [5.74, 6) is -0.970. The second kappa shape index (κ2) is 9.58. The molecule has 1 amide bonds. The van der Waals surface area contributed by atoms with Gasteiger partial charge in [-0.3, -0.25) is 9.69 Å². The average Bonchev–Trinajstić information content (AvgIpc) is 2.83. The fraction of sp³-hybridized carbons (Fsp3) is 0.458. The molecule has 2 atom stereocenters. The second-order valence-electron chi connectivity index (χ2n) is 8.57. The summed E-state index contributed by atoms with van der Waals surface area (Å²) in [6.07, 6.45) is -9.46. The quantitative estimate of drug-likeness (QED) is 0.569. The number of hydrogen-bond acceptors (Lipinski definition) is 3. The summed E-state index contributed by atoms with van der Waals surface area (Å²) < 4.78 is 85.1. The molecule has 4 rings (SSSR count). The number of rotatable bonds is 3. The van der Waals surface area contributed by atoms with Crippen molar-refractivity contribution in [3.05, 3.63) is 70.8 Å². The summed E-state index contributed by atoms with van der Waals surface area (Å²) in [6, 6.07) is 10.6. The van der Waals surface area contributed by atoms with Crippen LogP contribution in [0.4, 0.5) is 26.3 Å². The molecule has 0 spiro atoms. The highest BCUT2D eigenvalue weighted by molar-refractivity contribution is 5.95. The van der Waals surface area contributed by atoms with Gasteiger partial charge in [0.2, 0.25) is 0 Å². The Morgan fingerprint density at radius 1 is 0.853 bits per heavy atom. The first-order chi connectivity index (χ1) is 16.0. The Labute approximate surface area is 193 Å². The monoisotopic (exact) mass is 486 g/mol. The molecule has 2 aliphatic heterocycles. The molecule has 2 heterocycles. The molecule has 2 aromatic rings. The van der Waals surface area contributed by atoms with Gasteiger partial charge in [-0.05, 0) is 30.2 Å². The molecule has 0 bridgehead atoms. The lowest BCUT2D eigenvalue weighted by Crippen LogP contribution is -2.54. The Hall–Kier alpha value is -2.59. The topological polar surface area (TPSA) is 32.8 Å². The van der Waals surface area contributed by atoms with Crippen LogP contribution in [0.15, 0.2) is 48.5 Å². The molecule has 2 unspecified atom stereocenters. The van der Waals surface area contributed by atoms with Gasteiger partial charge in [0.1, 0.15) is 0 Å². The number of piperidine rings is 1. The Kier molecular flexibility index (Phi) is 6.91. The number of amides is 1. The highest BCUT2D eigenvalue weighted by Gasteiger charge is 2.40. The maximum absolute atomic E-state index is 13.3. The Bertz CT molecular complexity index is 971. The van der Waals surface area contributed by atoms with E-state index in [1.807, 2.05) is 30.3 Å². The van der Waals surface area contributed by atoms with Crippen molar-refractivity contribution in [3.8, 4) is 0 Å². The van der Waals surface area contributed by atoms with Crippen LogP contribution in [0, 0.1) is 0 Å². The van der Waals surface area contributed by atoms with Crippen molar-refractivity contribution in [1.29, 1.82) is 0 Å². The molecular weight excluding hydrogens is 462 g/mol. The van der Waals surface area contributed by atoms with Gasteiger partial charge in [0, 0.05) is 43.7 Å². The van der Waals surface area contributed by atoms with Crippen LogP contribution in [0.5, 0.6) is 0 Å². The first-order valence-electron chi connectivity index (χ1n) is 11.0. The van der Waals surface area contributed by atoms with Crippen LogP contribution in [0.2, 0.25) is 0 Å². The minimum absolute atomic E-state index is 0.0359. The van der Waals surface area contributed by atoms with E-state index in [0.29, 0.717) is 31.8 Å². The zero-order valence-corrected chi connectivity index (χ0v) is 18.2. The molecule has 4 nitrogen and oxygen atoms in total. The molecule has 0 aromatic heterocycles. The van der Waals surface area contributed by atoms with Crippen molar-refractivity contribution in [3.63, 3.8) is 0 Å². The Balaban J connectivity index is 1.64. The third-order valence-electron chi connectivity index (χ3n) is 6.44. The fourth-order valence-electron chi connectivity index (χ4n) is 4.76. The maximum atomic E-state index is 13.3. The van der Waals surface area contributed by atoms with Crippen molar-refractivity contribution in [2.75, 3.05) is 39.4 Å². The molecule has 2 aromatic carbocycles. The SMILES string of the molecule is O=C(c1cc(C(F)(F)F)cc(C(F)(F)F)c1)N1CCC(N2CCOCC2)C(c2ccccc2)C1. The van der Waals surface area contributed by atoms with Gasteiger partial charge < -0.3 is 9.64 Å². The van der Waals surface area contributed by atoms with Gasteiger partial charge in [0.05, 0.1) is 24.3 Å². The first-order valence-corrected chi connectivity index (χ1v) is 11.0. The minimum Gasteiger partial charge on any atom is -0.379 e. The number of benzene rings is 2. The summed E-state index contributed by atoms with van der Waals surface area (Å²) in [4.78, 5) is 16.8. The third-order valence-corrected chi connectivity index (χ3v) is 6.44. The molecule has 0 N–H and O–H groups in total. The van der Waals surface area contributed by atoms with Crippen molar-refractivity contribution in [1.82, 2.24) is 9.80 Å². The van der Waals surface area contributed by atoms with Crippen LogP contribution < -0.4 is 0 Å². The zero-order valence-electron chi connectivity index (χ0n) is 18.2. The summed E-state index contributed by atoms with van der Waals surface area (Å²) in [6.45, 7) is 3.06. The first kappa shape index (κ1) is 24.5. The van der Waals surface area contributed by atoms with E-state index >= 15 is 0 Å². The largest absolute Gasteiger partial charge is 0.416 e. The smallest absolute Gasteiger partial charge is 0.379 e. The molecular formula is C24H24F6N2O2. The van der Waals surface area contributed by atoms with Crippen molar-refractivity contribution < 1.29 is 35.9 Å². The summed E-state index contributed by atoms with van der Waals surface area (Å²) in [5, 5.41) is 0. The molecule has 0 saturated carbocycles. The Morgan fingerprint density at radius 3 is 2.00 bits per heavy atom. The van der Waals surface area contributed by atoms with Crippen LogP contribution in [-0.4, -0.2) is 61.1 Å². The summed E-state index contributed by atoms with van der Waals surface area (Å²) in [5.41, 5.74) is -2.63. The normalized spacial score (nSPS) is 22.6. The van der Waals surface area contributed by atoms with Gasteiger partial charge in [0.15, 0.2) is 0 Å². The van der Waals surface area contributed by atoms with Crippen LogP contribution in [-0.2, 0) is 17.1 Å². The number of nitrogens with zero attached hydrogens (tertiary/aromatic N) is 2. The van der Waals surface area contributed by atoms with E-state index in [9.17, 15) is 31.1 Å². The van der Waals surface area contributed by atoms with Crippen LogP contribution in [0.3, 0.4) is 0 Å². The van der Waals surface area contributed by atoms with E-state index in [2.05, 4.69) is 4.90 Å². The standard InChI is InChI=1S/C24H24F6N2O2/c25-23(26,27)18-12-17(13-19(14-18)24(28,29)30)22(33)32-7-6-21(31-8-10-34-11-9-31)20(15-32)16-4-2-1-3-5-16/h1-5,12-14,20-21H,6-11,15H2. The second-order valence-corrected chi connectivity index (χ2v) is 8.57. The van der Waals surface area contributed by atoms with E-state index in [1.54, 1.807) is 0 Å². The van der Waals surface area contributed by atoms with E-state index in [-0.39, 0.29) is 31.1 Å². The van der Waals surface area contributed by atoms with Gasteiger partial charge in [-0.25, -0.2) is 0 Å². The molecule has 10 heteroatoms. The van der Waals surface area contributed by atoms with E-state index in [0.717, 1.165) is 18.7 Å². The molecule has 2 fully saturated rings. The number of likely N-dealkylation sites (tertiary alicyclic amines) is 1. The number of halogens is 6. The van der Waals surface area contributed by atoms with Crippen molar-refractivity contribution in [2.45, 2.75) is 30.7 Å². The van der Waals surface area contributed by atoms with Gasteiger partial charge in [-0.1, -0.05) is 30.3 Å². The lowest BCUT2D eigenvalue weighted by Gasteiger charge is -2.45. The summed E-state index contributed by atoms with van der Waals surface area (Å²) >= 11 is 0. The fourth-order valence-corrected chi connectivity index (χ4v) is 4.76. The van der Waals surface area contributed by atoms with Crippen LogP contribution in [0.25, 0.3) is 0 Å². The van der Waals surface area contributed by atoms with E-state index in [1.165, 1.54) is 4.90 Å². The van der Waals surface area contributed by atoms with Gasteiger partial charge in [0.25, 0.3) is 5.91 Å². The van der Waals surface area contributed by atoms with Crippen LogP contribution in [0.1, 0.15) is 39.4 Å². The van der Waals surface area contributed by atoms with Crippen molar-refractivity contribution >= 4 is 5.91 Å². The number of carbonyl (C=O) groups excluding carboxylic acids is 1. The van der Waals surface area contributed by atoms with E-state index in [4.69, 9.17) is 4.74 Å². The van der Waals surface area contributed by atoms with E-state index < -0.39 is 35.0 Å². The van der Waals surface area contributed by atoms with Gasteiger partial charge >= 0.3 is 12.4 Å². The lowest BCUT2D eigenvalue weighted by atomic mass is 9.84. The Morgan fingerprint density at radius 2 is 1.44 bits per heavy atom. The number of morpholine rings is 1. The summed E-state index contributed by atoms with van der Waals surface area (Å²) in [7, 11) is 0. The molecule has 34 heavy (non-hydrogen) atoms. The third kappa shape index (κ3) is 5.38. The molecule has 2 saturated heterocycles. The molecule has 2 aliphatic rings. The van der Waals surface area contributed by atoms with Crippen molar-refractivity contribution in [2.24, 2.45) is 0 Å². The zero-order chi connectivity index (χ0) is 24.5. The number of carbonyl (C=O) groups is 1. The predicted molar refractivity (Wildman–Crippen MR) is 112 cm³/mol. The lowest BCUT2D eigenvalue weighted by molar-refractivity contribution is -0.143. The van der Waals surface area contributed by atoms with Gasteiger partial charge in [-0.2, -0.15) is 26.3 Å². The highest BCUT2D eigenvalue weighted by Crippen LogP contribution is 2.37. The average molecular weight is 486 g/mol. The number of ether oxygens (including phenoxy) is 1. The number of hydrogen-bond donors (Lipinski definition) is 0. The molecule has 184 valence electrons.